The zero-order valence-corrected chi connectivity index (χ0v) is 8.03. The highest BCUT2D eigenvalue weighted by Crippen LogP contribution is 2.30. The standard InChI is InChI=1S/C8H8N2O2S/c1-3-5-4(2)9-10-7(5)13-6(3)8(11)12/h1-2H3,(H,9,10)(H,11,12). The molecule has 2 rings (SSSR count). The predicted octanol–water partition coefficient (Wildman–Crippen LogP) is 1.94. The number of carboxylic acid groups (broad SMARTS) is 1. The molecular formula is C8H8N2O2S. The van der Waals surface area contributed by atoms with Crippen LogP contribution in [0, 0.1) is 13.8 Å². The predicted molar refractivity (Wildman–Crippen MR) is 50.4 cm³/mol. The molecule has 0 aliphatic carbocycles. The third-order valence-electron chi connectivity index (χ3n) is 2.02. The van der Waals surface area contributed by atoms with Crippen molar-refractivity contribution in [2.24, 2.45) is 0 Å². The minimum absolute atomic E-state index is 0.384. The Morgan fingerprint density at radius 1 is 1.54 bits per heavy atom. The molecule has 2 aromatic heterocycles. The van der Waals surface area contributed by atoms with Gasteiger partial charge >= 0.3 is 5.97 Å². The lowest BCUT2D eigenvalue weighted by Gasteiger charge is -1.90. The third kappa shape index (κ3) is 1.04. The molecule has 2 heterocycles. The van der Waals surface area contributed by atoms with Crippen LogP contribution >= 0.6 is 11.3 Å². The molecule has 0 saturated carbocycles. The highest BCUT2D eigenvalue weighted by atomic mass is 32.1. The number of carbonyl (C=O) groups is 1. The van der Waals surface area contributed by atoms with E-state index in [-0.39, 0.29) is 0 Å². The maximum Gasteiger partial charge on any atom is 0.346 e. The number of nitrogens with zero attached hydrogens (tertiary/aromatic N) is 1. The van der Waals surface area contributed by atoms with Crippen LogP contribution in [0.1, 0.15) is 20.9 Å². The summed E-state index contributed by atoms with van der Waals surface area (Å²) in [6.45, 7) is 3.70. The monoisotopic (exact) mass is 196 g/mol. The number of thiophene rings is 1. The summed E-state index contributed by atoms with van der Waals surface area (Å²) in [4.78, 5) is 11.9. The summed E-state index contributed by atoms with van der Waals surface area (Å²) in [5.74, 6) is -0.875. The number of H-pyrrole nitrogens is 1. The van der Waals surface area contributed by atoms with Crippen molar-refractivity contribution in [3.05, 3.63) is 16.1 Å². The van der Waals surface area contributed by atoms with Gasteiger partial charge in [0, 0.05) is 11.1 Å². The highest BCUT2D eigenvalue weighted by molar-refractivity contribution is 7.20. The van der Waals surface area contributed by atoms with Crippen LogP contribution < -0.4 is 0 Å². The van der Waals surface area contributed by atoms with E-state index in [4.69, 9.17) is 5.11 Å². The van der Waals surface area contributed by atoms with Gasteiger partial charge in [-0.2, -0.15) is 5.10 Å². The summed E-state index contributed by atoms with van der Waals surface area (Å²) < 4.78 is 0. The van der Waals surface area contributed by atoms with Crippen LogP contribution in [0.5, 0.6) is 0 Å². The topological polar surface area (TPSA) is 66.0 Å². The van der Waals surface area contributed by atoms with Crippen LogP contribution in [0.2, 0.25) is 0 Å². The number of hydrogen-bond donors (Lipinski definition) is 2. The van der Waals surface area contributed by atoms with E-state index in [1.54, 1.807) is 0 Å². The Kier molecular flexibility index (Phi) is 1.63. The SMILES string of the molecule is Cc1[nH]nc2sc(C(=O)O)c(C)c12. The first kappa shape index (κ1) is 8.25. The van der Waals surface area contributed by atoms with E-state index in [2.05, 4.69) is 10.2 Å². The lowest BCUT2D eigenvalue weighted by Crippen LogP contribution is -1.94. The van der Waals surface area contributed by atoms with Crippen LogP contribution in [0.4, 0.5) is 0 Å². The summed E-state index contributed by atoms with van der Waals surface area (Å²) in [5, 5.41) is 16.6. The van der Waals surface area contributed by atoms with Gasteiger partial charge in [0.05, 0.1) is 0 Å². The normalized spacial score (nSPS) is 10.9. The van der Waals surface area contributed by atoms with Crippen LogP contribution in [0.3, 0.4) is 0 Å². The number of hydrogen-bond acceptors (Lipinski definition) is 3. The number of aromatic carboxylic acids is 1. The number of aromatic nitrogens is 2. The minimum Gasteiger partial charge on any atom is -0.477 e. The molecule has 0 aliphatic heterocycles. The van der Waals surface area contributed by atoms with E-state index in [0.717, 1.165) is 21.5 Å². The number of nitrogens with one attached hydrogen (secondary N) is 1. The fraction of sp³-hybridized carbons (Fsp3) is 0.250. The molecule has 4 nitrogen and oxygen atoms in total. The van der Waals surface area contributed by atoms with Gasteiger partial charge in [-0.15, -0.1) is 11.3 Å². The number of aryl methyl sites for hydroxylation is 2. The van der Waals surface area contributed by atoms with Gasteiger partial charge in [0.15, 0.2) is 0 Å². The van der Waals surface area contributed by atoms with E-state index in [9.17, 15) is 4.79 Å². The van der Waals surface area contributed by atoms with E-state index in [0.29, 0.717) is 4.88 Å². The van der Waals surface area contributed by atoms with Crippen molar-refractivity contribution in [2.45, 2.75) is 13.8 Å². The Hall–Kier alpha value is -1.36. The quantitative estimate of drug-likeness (QED) is 0.732. The zero-order valence-electron chi connectivity index (χ0n) is 7.21. The van der Waals surface area contributed by atoms with E-state index < -0.39 is 5.97 Å². The van der Waals surface area contributed by atoms with E-state index in [1.807, 2.05) is 13.8 Å². The summed E-state index contributed by atoms with van der Waals surface area (Å²) in [6, 6.07) is 0. The summed E-state index contributed by atoms with van der Waals surface area (Å²) in [6.07, 6.45) is 0. The molecule has 0 fully saturated rings. The Morgan fingerprint density at radius 3 is 2.77 bits per heavy atom. The van der Waals surface area contributed by atoms with Gasteiger partial charge in [0.1, 0.15) is 9.71 Å². The van der Waals surface area contributed by atoms with Gasteiger partial charge in [0.2, 0.25) is 0 Å². The fourth-order valence-electron chi connectivity index (χ4n) is 1.41. The second-order valence-corrected chi connectivity index (χ2v) is 3.89. The van der Waals surface area contributed by atoms with Gasteiger partial charge in [0.25, 0.3) is 0 Å². The number of aromatic amines is 1. The summed E-state index contributed by atoms with van der Waals surface area (Å²) in [7, 11) is 0. The van der Waals surface area contributed by atoms with E-state index >= 15 is 0 Å². The lowest BCUT2D eigenvalue weighted by molar-refractivity contribution is 0.0701. The molecule has 0 unspecified atom stereocenters. The summed E-state index contributed by atoms with van der Waals surface area (Å²) >= 11 is 1.21. The van der Waals surface area contributed by atoms with Crippen LogP contribution in [-0.2, 0) is 0 Å². The molecule has 0 saturated heterocycles. The van der Waals surface area contributed by atoms with Gasteiger partial charge in [-0.25, -0.2) is 4.79 Å². The molecule has 0 bridgehead atoms. The molecule has 5 heteroatoms. The molecule has 2 aromatic rings. The Bertz CT molecular complexity index is 484. The maximum atomic E-state index is 10.8. The smallest absolute Gasteiger partial charge is 0.346 e. The second kappa shape index (κ2) is 2.56. The van der Waals surface area contributed by atoms with Crippen LogP contribution in [-0.4, -0.2) is 21.3 Å². The Morgan fingerprint density at radius 2 is 2.23 bits per heavy atom. The van der Waals surface area contributed by atoms with Crippen LogP contribution in [0.25, 0.3) is 10.2 Å². The molecule has 0 amide bonds. The minimum atomic E-state index is -0.875. The molecule has 2 N–H and O–H groups in total. The molecular weight excluding hydrogens is 188 g/mol. The van der Waals surface area contributed by atoms with Crippen molar-refractivity contribution in [1.82, 2.24) is 10.2 Å². The number of carboxylic acids is 1. The highest BCUT2D eigenvalue weighted by Gasteiger charge is 2.17. The molecule has 0 aliphatic rings. The summed E-state index contributed by atoms with van der Waals surface area (Å²) in [5.41, 5.74) is 1.73. The van der Waals surface area contributed by atoms with Crippen molar-refractivity contribution in [2.75, 3.05) is 0 Å². The molecule has 0 atom stereocenters. The van der Waals surface area contributed by atoms with Gasteiger partial charge < -0.3 is 5.11 Å². The Balaban J connectivity index is 2.82. The average molecular weight is 196 g/mol. The number of fused-ring (bicyclic) bond motifs is 1. The maximum absolute atomic E-state index is 10.8. The van der Waals surface area contributed by atoms with Crippen LogP contribution in [0.15, 0.2) is 0 Å². The van der Waals surface area contributed by atoms with Gasteiger partial charge in [-0.05, 0) is 19.4 Å². The van der Waals surface area contributed by atoms with E-state index in [1.165, 1.54) is 11.3 Å². The molecule has 0 spiro atoms. The fourth-order valence-corrected chi connectivity index (χ4v) is 2.45. The zero-order chi connectivity index (χ0) is 9.59. The average Bonchev–Trinajstić information content (AvgIpc) is 2.55. The molecule has 13 heavy (non-hydrogen) atoms. The third-order valence-corrected chi connectivity index (χ3v) is 3.20. The van der Waals surface area contributed by atoms with Crippen molar-refractivity contribution in [3.8, 4) is 0 Å². The second-order valence-electron chi connectivity index (χ2n) is 2.89. The molecule has 68 valence electrons. The van der Waals surface area contributed by atoms with Gasteiger partial charge in [-0.3, -0.25) is 5.10 Å². The van der Waals surface area contributed by atoms with Gasteiger partial charge in [-0.1, -0.05) is 0 Å². The van der Waals surface area contributed by atoms with Crippen molar-refractivity contribution < 1.29 is 9.90 Å². The largest absolute Gasteiger partial charge is 0.477 e. The van der Waals surface area contributed by atoms with Crippen molar-refractivity contribution in [1.29, 1.82) is 0 Å². The first-order valence-corrected chi connectivity index (χ1v) is 4.60. The Labute approximate surface area is 78.2 Å². The lowest BCUT2D eigenvalue weighted by atomic mass is 10.2. The number of rotatable bonds is 1. The first-order valence-electron chi connectivity index (χ1n) is 3.78. The van der Waals surface area contributed by atoms with Crippen molar-refractivity contribution >= 4 is 27.5 Å². The first-order chi connectivity index (χ1) is 6.11. The molecule has 0 radical (unpaired) electrons. The van der Waals surface area contributed by atoms with Crippen molar-refractivity contribution in [3.63, 3.8) is 0 Å². The molecule has 0 aromatic carbocycles.